The molecule has 12 nitrogen and oxygen atoms in total. The Balaban J connectivity index is 0.00000420. The Kier molecular flexibility index (Phi) is 7.69. The number of para-hydroxylation sites is 1. The van der Waals surface area contributed by atoms with Gasteiger partial charge < -0.3 is 19.3 Å². The first kappa shape index (κ1) is 27.1. The van der Waals surface area contributed by atoms with Gasteiger partial charge in [0.15, 0.2) is 22.9 Å². The molecule has 3 heterocycles. The number of aliphatic hydroxyl groups is 1. The summed E-state index contributed by atoms with van der Waals surface area (Å²) in [6.45, 7) is 5.39. The molecule has 204 valence electrons. The number of benzene rings is 1. The molecule has 4 rings (SSSR count). The van der Waals surface area contributed by atoms with Gasteiger partial charge in [0.05, 0.1) is 38.4 Å². The van der Waals surface area contributed by atoms with E-state index in [0.29, 0.717) is 41.2 Å². The number of methoxy groups -OCH3 is 2. The average molecular weight is 545 g/mol. The standard InChI is InChI=1S/C25H30N6O6S.H2/c1-6-37-20-12-7-9-16(27-20)23-29-22-24(31(23)21-17(35-4)10-8-11-18(21)36-5)28-19(15-26-22)30-38(33,34)14-13-25(2,3)32;/h7-12,15,32H,6,13-14H2,1-5H3,(H,28,30);1H. The molecule has 0 saturated carbocycles. The summed E-state index contributed by atoms with van der Waals surface area (Å²) in [7, 11) is -0.764. The number of pyridine rings is 1. The van der Waals surface area contributed by atoms with Crippen LogP contribution in [0.4, 0.5) is 5.82 Å². The molecule has 38 heavy (non-hydrogen) atoms. The van der Waals surface area contributed by atoms with Crippen LogP contribution in [-0.4, -0.2) is 70.2 Å². The molecule has 3 aromatic heterocycles. The van der Waals surface area contributed by atoms with Crippen molar-refractivity contribution in [2.45, 2.75) is 32.8 Å². The molecule has 0 amide bonds. The Morgan fingerprint density at radius 1 is 1.05 bits per heavy atom. The summed E-state index contributed by atoms with van der Waals surface area (Å²) >= 11 is 0. The third kappa shape index (κ3) is 5.94. The van der Waals surface area contributed by atoms with Crippen molar-refractivity contribution in [3.63, 3.8) is 0 Å². The summed E-state index contributed by atoms with van der Waals surface area (Å²) in [6, 6.07) is 10.6. The van der Waals surface area contributed by atoms with Crippen LogP contribution >= 0.6 is 0 Å². The number of nitrogens with one attached hydrogen (secondary N) is 1. The van der Waals surface area contributed by atoms with E-state index in [0.717, 1.165) is 0 Å². The summed E-state index contributed by atoms with van der Waals surface area (Å²) in [5.74, 6) is 1.40. The number of ether oxygens (including phenoxy) is 3. The van der Waals surface area contributed by atoms with E-state index >= 15 is 0 Å². The van der Waals surface area contributed by atoms with Crippen molar-refractivity contribution in [3.05, 3.63) is 42.6 Å². The van der Waals surface area contributed by atoms with Gasteiger partial charge >= 0.3 is 0 Å². The van der Waals surface area contributed by atoms with Crippen molar-refractivity contribution in [1.82, 2.24) is 24.5 Å². The number of hydrogen-bond acceptors (Lipinski definition) is 10. The molecule has 0 saturated heterocycles. The lowest BCUT2D eigenvalue weighted by molar-refractivity contribution is 0.0772. The van der Waals surface area contributed by atoms with Crippen molar-refractivity contribution in [1.29, 1.82) is 0 Å². The topological polar surface area (TPSA) is 151 Å². The first-order chi connectivity index (χ1) is 18.0. The van der Waals surface area contributed by atoms with Crippen molar-refractivity contribution < 1.29 is 29.2 Å². The minimum absolute atomic E-state index is 0. The predicted octanol–water partition coefficient (Wildman–Crippen LogP) is 3.44. The molecular weight excluding hydrogens is 512 g/mol. The zero-order chi connectivity index (χ0) is 27.5. The van der Waals surface area contributed by atoms with E-state index in [1.165, 1.54) is 20.4 Å². The number of rotatable bonds is 11. The van der Waals surface area contributed by atoms with Crippen LogP contribution in [0.5, 0.6) is 17.4 Å². The Morgan fingerprint density at radius 2 is 1.74 bits per heavy atom. The monoisotopic (exact) mass is 544 g/mol. The SMILES string of the molecule is CCOc1cccc(-c2nc3ncc(NS(=O)(=O)CCC(C)(C)O)nc3n2-c2c(OC)cccc2OC)n1.[HH]. The molecule has 0 aliphatic rings. The smallest absolute Gasteiger partial charge is 0.234 e. The van der Waals surface area contributed by atoms with Gasteiger partial charge in [0.2, 0.25) is 15.9 Å². The third-order valence-corrected chi connectivity index (χ3v) is 6.75. The lowest BCUT2D eigenvalue weighted by Gasteiger charge is -2.17. The van der Waals surface area contributed by atoms with E-state index in [2.05, 4.69) is 24.7 Å². The van der Waals surface area contributed by atoms with Gasteiger partial charge in [-0.2, -0.15) is 0 Å². The maximum atomic E-state index is 12.7. The summed E-state index contributed by atoms with van der Waals surface area (Å²) in [5, 5.41) is 9.94. The van der Waals surface area contributed by atoms with E-state index in [1.54, 1.807) is 54.8 Å². The fourth-order valence-electron chi connectivity index (χ4n) is 3.70. The second kappa shape index (κ2) is 10.8. The van der Waals surface area contributed by atoms with Gasteiger partial charge in [0.25, 0.3) is 0 Å². The third-order valence-electron chi connectivity index (χ3n) is 5.48. The van der Waals surface area contributed by atoms with Crippen LogP contribution in [0.3, 0.4) is 0 Å². The Bertz CT molecular complexity index is 1530. The fraction of sp³-hybridized carbons (Fsp3) is 0.360. The number of fused-ring (bicyclic) bond motifs is 1. The molecule has 0 aliphatic carbocycles. The number of imidazole rings is 1. The maximum absolute atomic E-state index is 12.7. The highest BCUT2D eigenvalue weighted by Crippen LogP contribution is 2.38. The first-order valence-corrected chi connectivity index (χ1v) is 13.5. The highest BCUT2D eigenvalue weighted by molar-refractivity contribution is 7.92. The Hall–Kier alpha value is -3.97. The van der Waals surface area contributed by atoms with Crippen LogP contribution in [0.1, 0.15) is 28.6 Å². The van der Waals surface area contributed by atoms with Crippen molar-refractivity contribution >= 4 is 27.1 Å². The molecule has 0 bridgehead atoms. The Labute approximate surface area is 222 Å². The van der Waals surface area contributed by atoms with Crippen LogP contribution in [0, 0.1) is 0 Å². The normalized spacial score (nSPS) is 11.9. The molecule has 1 aromatic carbocycles. The highest BCUT2D eigenvalue weighted by Gasteiger charge is 2.25. The second-order valence-corrected chi connectivity index (χ2v) is 10.8. The number of aromatic nitrogens is 5. The van der Waals surface area contributed by atoms with Gasteiger partial charge in [0.1, 0.15) is 22.9 Å². The van der Waals surface area contributed by atoms with Crippen LogP contribution in [-0.2, 0) is 10.0 Å². The van der Waals surface area contributed by atoms with Gasteiger partial charge in [-0.1, -0.05) is 12.1 Å². The van der Waals surface area contributed by atoms with Gasteiger partial charge in [0, 0.05) is 7.49 Å². The van der Waals surface area contributed by atoms with E-state index in [-0.39, 0.29) is 30.7 Å². The van der Waals surface area contributed by atoms with Crippen LogP contribution in [0.15, 0.2) is 42.6 Å². The fourth-order valence-corrected chi connectivity index (χ4v) is 4.99. The minimum Gasteiger partial charge on any atom is -0.494 e. The molecule has 13 heteroatoms. The lowest BCUT2D eigenvalue weighted by Crippen LogP contribution is -2.26. The lowest BCUT2D eigenvalue weighted by atomic mass is 10.1. The molecule has 0 atom stereocenters. The number of anilines is 1. The van der Waals surface area contributed by atoms with Gasteiger partial charge in [-0.15, -0.1) is 0 Å². The largest absolute Gasteiger partial charge is 0.494 e. The molecular formula is C25H32N6O6S. The molecule has 4 aromatic rings. The van der Waals surface area contributed by atoms with Crippen molar-refractivity contribution in [3.8, 4) is 34.6 Å². The predicted molar refractivity (Wildman–Crippen MR) is 145 cm³/mol. The summed E-state index contributed by atoms with van der Waals surface area (Å²) < 4.78 is 46.3. The van der Waals surface area contributed by atoms with E-state index in [4.69, 9.17) is 14.2 Å². The maximum Gasteiger partial charge on any atom is 0.234 e. The zero-order valence-electron chi connectivity index (χ0n) is 21.8. The number of hydrogen-bond donors (Lipinski definition) is 2. The zero-order valence-corrected chi connectivity index (χ0v) is 22.6. The Morgan fingerprint density at radius 3 is 2.37 bits per heavy atom. The van der Waals surface area contributed by atoms with E-state index in [9.17, 15) is 13.5 Å². The summed E-state index contributed by atoms with van der Waals surface area (Å²) in [4.78, 5) is 18.2. The molecule has 0 spiro atoms. The van der Waals surface area contributed by atoms with E-state index < -0.39 is 15.6 Å². The second-order valence-electron chi connectivity index (χ2n) is 8.96. The van der Waals surface area contributed by atoms with Crippen LogP contribution in [0.2, 0.25) is 0 Å². The van der Waals surface area contributed by atoms with Crippen molar-refractivity contribution in [2.24, 2.45) is 0 Å². The summed E-state index contributed by atoms with van der Waals surface area (Å²) in [6.07, 6.45) is 1.33. The van der Waals surface area contributed by atoms with Crippen LogP contribution in [0.25, 0.3) is 28.5 Å². The van der Waals surface area contributed by atoms with Gasteiger partial charge in [-0.05, 0) is 45.4 Å². The molecule has 0 fully saturated rings. The highest BCUT2D eigenvalue weighted by atomic mass is 32.2. The first-order valence-electron chi connectivity index (χ1n) is 11.8. The van der Waals surface area contributed by atoms with E-state index in [1.807, 2.05) is 6.92 Å². The number of sulfonamides is 1. The molecule has 2 N–H and O–H groups in total. The van der Waals surface area contributed by atoms with Gasteiger partial charge in [-0.3, -0.25) is 9.29 Å². The molecule has 0 aliphatic heterocycles. The molecule has 0 unspecified atom stereocenters. The molecule has 0 radical (unpaired) electrons. The van der Waals surface area contributed by atoms with Gasteiger partial charge in [-0.25, -0.2) is 28.4 Å². The number of nitrogens with zero attached hydrogens (tertiary/aromatic N) is 5. The van der Waals surface area contributed by atoms with Crippen molar-refractivity contribution in [2.75, 3.05) is 31.3 Å². The quantitative estimate of drug-likeness (QED) is 0.287. The minimum atomic E-state index is -3.82. The average Bonchev–Trinajstić information content (AvgIpc) is 3.25. The van der Waals surface area contributed by atoms with Crippen LogP contribution < -0.4 is 18.9 Å². The summed E-state index contributed by atoms with van der Waals surface area (Å²) in [5.41, 5.74) is 0.303.